The maximum absolute atomic E-state index is 11.4. The highest BCUT2D eigenvalue weighted by atomic mass is 19.4. The molecule has 10 heavy (non-hydrogen) atoms. The first-order valence-corrected chi connectivity index (χ1v) is 2.71. The van der Waals surface area contributed by atoms with E-state index < -0.39 is 12.7 Å². The number of ether oxygens (including phenoxy) is 1. The predicted octanol–water partition coefficient (Wildman–Crippen LogP) is 0.774. The molecular weight excluding hydrogens is 151 g/mol. The topological polar surface area (TPSA) is 30.5 Å². The Balaban J connectivity index is 2.24. The molecule has 6 heteroatoms. The Morgan fingerprint density at radius 3 is 2.60 bits per heavy atom. The fourth-order valence-corrected chi connectivity index (χ4v) is 0.620. The molecular formula is C4H6F3NO2. The van der Waals surface area contributed by atoms with Gasteiger partial charge in [-0.2, -0.15) is 5.48 Å². The van der Waals surface area contributed by atoms with Crippen molar-refractivity contribution in [1.82, 2.24) is 5.48 Å². The number of hydroxylamine groups is 1. The van der Waals surface area contributed by atoms with Crippen molar-refractivity contribution in [1.29, 1.82) is 0 Å². The largest absolute Gasteiger partial charge is 0.524 e. The van der Waals surface area contributed by atoms with Crippen molar-refractivity contribution in [3.05, 3.63) is 0 Å². The molecule has 1 unspecified atom stereocenters. The Bertz CT molecular complexity index is 110. The van der Waals surface area contributed by atoms with Crippen LogP contribution < -0.4 is 5.48 Å². The van der Waals surface area contributed by atoms with E-state index in [1.807, 2.05) is 0 Å². The van der Waals surface area contributed by atoms with Crippen molar-refractivity contribution < 1.29 is 22.7 Å². The molecule has 1 aliphatic rings. The lowest BCUT2D eigenvalue weighted by atomic mass is 10.4. The third-order valence-electron chi connectivity index (χ3n) is 0.962. The van der Waals surface area contributed by atoms with Crippen LogP contribution in [-0.2, 0) is 9.57 Å². The van der Waals surface area contributed by atoms with E-state index >= 15 is 0 Å². The first-order valence-electron chi connectivity index (χ1n) is 2.71. The number of nitrogens with one attached hydrogen (secondary N) is 1. The van der Waals surface area contributed by atoms with Gasteiger partial charge in [0.05, 0.1) is 0 Å². The molecule has 1 aliphatic heterocycles. The molecule has 1 N–H and O–H groups in total. The summed E-state index contributed by atoms with van der Waals surface area (Å²) in [6.07, 6.45) is -5.56. The van der Waals surface area contributed by atoms with Gasteiger partial charge in [0.15, 0.2) is 6.29 Å². The van der Waals surface area contributed by atoms with E-state index in [1.165, 1.54) is 0 Å². The zero-order valence-corrected chi connectivity index (χ0v) is 4.94. The zero-order chi connectivity index (χ0) is 7.61. The first-order chi connectivity index (χ1) is 4.58. The smallest absolute Gasteiger partial charge is 0.270 e. The maximum atomic E-state index is 11.4. The Hall–Kier alpha value is -0.330. The van der Waals surface area contributed by atoms with Crippen LogP contribution in [0.5, 0.6) is 0 Å². The van der Waals surface area contributed by atoms with E-state index in [4.69, 9.17) is 0 Å². The Morgan fingerprint density at radius 1 is 1.50 bits per heavy atom. The molecule has 0 bridgehead atoms. The molecule has 0 aromatic heterocycles. The fourth-order valence-electron chi connectivity index (χ4n) is 0.620. The summed E-state index contributed by atoms with van der Waals surface area (Å²) >= 11 is 0. The highest BCUT2D eigenvalue weighted by molar-refractivity contribution is 4.52. The predicted molar refractivity (Wildman–Crippen MR) is 24.6 cm³/mol. The minimum absolute atomic E-state index is 0.222. The van der Waals surface area contributed by atoms with Crippen molar-refractivity contribution in [2.45, 2.75) is 19.1 Å². The lowest BCUT2D eigenvalue weighted by molar-refractivity contribution is -0.376. The monoisotopic (exact) mass is 157 g/mol. The van der Waals surface area contributed by atoms with Crippen LogP contribution in [0, 0.1) is 0 Å². The summed E-state index contributed by atoms with van der Waals surface area (Å²) < 4.78 is 37.6. The van der Waals surface area contributed by atoms with E-state index in [9.17, 15) is 13.2 Å². The van der Waals surface area contributed by atoms with Crippen LogP contribution in [0.2, 0.25) is 0 Å². The molecule has 0 saturated carbocycles. The minimum Gasteiger partial charge on any atom is -0.270 e. The van der Waals surface area contributed by atoms with Gasteiger partial charge in [-0.1, -0.05) is 0 Å². The summed E-state index contributed by atoms with van der Waals surface area (Å²) in [6.45, 7) is 0.390. The molecule has 0 aromatic rings. The van der Waals surface area contributed by atoms with Crippen molar-refractivity contribution >= 4 is 0 Å². The van der Waals surface area contributed by atoms with Crippen LogP contribution in [-0.4, -0.2) is 19.2 Å². The van der Waals surface area contributed by atoms with Crippen molar-refractivity contribution in [2.24, 2.45) is 0 Å². The molecule has 3 nitrogen and oxygen atoms in total. The SMILES string of the molecule is FC(F)(F)OC1CCNO1. The van der Waals surface area contributed by atoms with E-state index in [0.29, 0.717) is 6.54 Å². The minimum atomic E-state index is -4.60. The van der Waals surface area contributed by atoms with Gasteiger partial charge >= 0.3 is 6.36 Å². The third-order valence-corrected chi connectivity index (χ3v) is 0.962. The van der Waals surface area contributed by atoms with Crippen molar-refractivity contribution in [3.8, 4) is 0 Å². The van der Waals surface area contributed by atoms with E-state index in [2.05, 4.69) is 15.1 Å². The van der Waals surface area contributed by atoms with Gasteiger partial charge in [0.1, 0.15) is 0 Å². The van der Waals surface area contributed by atoms with Gasteiger partial charge in [-0.25, -0.2) is 0 Å². The number of hydrogen-bond acceptors (Lipinski definition) is 3. The maximum Gasteiger partial charge on any atom is 0.524 e. The van der Waals surface area contributed by atoms with Crippen LogP contribution in [0.15, 0.2) is 0 Å². The highest BCUT2D eigenvalue weighted by Gasteiger charge is 2.35. The molecule has 1 fully saturated rings. The molecule has 1 heterocycles. The molecule has 0 amide bonds. The van der Waals surface area contributed by atoms with E-state index in [-0.39, 0.29) is 6.42 Å². The quantitative estimate of drug-likeness (QED) is 0.609. The molecule has 0 aromatic carbocycles. The highest BCUT2D eigenvalue weighted by Crippen LogP contribution is 2.21. The van der Waals surface area contributed by atoms with Crippen LogP contribution in [0.4, 0.5) is 13.2 Å². The second kappa shape index (κ2) is 2.73. The Labute approximate surface area is 55.1 Å². The third kappa shape index (κ3) is 2.51. The summed E-state index contributed by atoms with van der Waals surface area (Å²) in [5.41, 5.74) is 2.27. The van der Waals surface area contributed by atoms with Crippen LogP contribution in [0.25, 0.3) is 0 Å². The average molecular weight is 157 g/mol. The standard InChI is InChI=1S/C4H6F3NO2/c5-4(6,7)9-3-1-2-8-10-3/h3,8H,1-2H2. The summed E-state index contributed by atoms with van der Waals surface area (Å²) in [4.78, 5) is 4.34. The summed E-state index contributed by atoms with van der Waals surface area (Å²) in [5, 5.41) is 0. The molecule has 0 radical (unpaired) electrons. The second-order valence-corrected chi connectivity index (χ2v) is 1.79. The number of hydrogen-bond donors (Lipinski definition) is 1. The molecule has 1 saturated heterocycles. The van der Waals surface area contributed by atoms with Crippen LogP contribution >= 0.6 is 0 Å². The molecule has 0 aliphatic carbocycles. The van der Waals surface area contributed by atoms with Crippen molar-refractivity contribution in [2.75, 3.05) is 6.54 Å². The number of halogens is 3. The van der Waals surface area contributed by atoms with E-state index in [1.54, 1.807) is 0 Å². The normalized spacial score (nSPS) is 27.3. The second-order valence-electron chi connectivity index (χ2n) is 1.79. The first kappa shape index (κ1) is 7.77. The number of alkyl halides is 3. The lowest BCUT2D eigenvalue weighted by Crippen LogP contribution is -2.23. The average Bonchev–Trinajstić information content (AvgIpc) is 2.12. The van der Waals surface area contributed by atoms with Gasteiger partial charge in [-0.3, -0.25) is 9.57 Å². The molecule has 0 spiro atoms. The van der Waals surface area contributed by atoms with Crippen LogP contribution in [0.1, 0.15) is 6.42 Å². The van der Waals surface area contributed by atoms with Gasteiger partial charge in [0.25, 0.3) is 0 Å². The van der Waals surface area contributed by atoms with Crippen molar-refractivity contribution in [3.63, 3.8) is 0 Å². The summed E-state index contributed by atoms with van der Waals surface area (Å²) in [7, 11) is 0. The summed E-state index contributed by atoms with van der Waals surface area (Å²) in [5.74, 6) is 0. The number of rotatable bonds is 1. The van der Waals surface area contributed by atoms with Gasteiger partial charge in [0, 0.05) is 13.0 Å². The molecule has 1 rings (SSSR count). The zero-order valence-electron chi connectivity index (χ0n) is 4.94. The van der Waals surface area contributed by atoms with Gasteiger partial charge in [0.2, 0.25) is 0 Å². The molecule has 1 atom stereocenters. The van der Waals surface area contributed by atoms with Crippen LogP contribution in [0.3, 0.4) is 0 Å². The van der Waals surface area contributed by atoms with Gasteiger partial charge in [-0.05, 0) is 0 Å². The van der Waals surface area contributed by atoms with E-state index in [0.717, 1.165) is 0 Å². The summed E-state index contributed by atoms with van der Waals surface area (Å²) in [6, 6.07) is 0. The molecule has 60 valence electrons. The Kier molecular flexibility index (Phi) is 2.12. The fraction of sp³-hybridized carbons (Fsp3) is 1.00. The Morgan fingerprint density at radius 2 is 2.20 bits per heavy atom. The lowest BCUT2D eigenvalue weighted by Gasteiger charge is -2.11. The van der Waals surface area contributed by atoms with Gasteiger partial charge in [-0.15, -0.1) is 13.2 Å². The van der Waals surface area contributed by atoms with Gasteiger partial charge < -0.3 is 0 Å².